The molecule has 2 aromatic carbocycles. The highest BCUT2D eigenvalue weighted by Crippen LogP contribution is 2.38. The van der Waals surface area contributed by atoms with Crippen molar-refractivity contribution in [2.45, 2.75) is 6.54 Å². The van der Waals surface area contributed by atoms with E-state index >= 15 is 0 Å². The Labute approximate surface area is 185 Å². The summed E-state index contributed by atoms with van der Waals surface area (Å²) in [5, 5.41) is 0. The SMILES string of the molecule is COc1cc(/C=C/C(=O)N(C)Cc2cc(OC)c(OC)c(OC)c2)cc(Br)c1OC. The number of halogens is 1. The average molecular weight is 480 g/mol. The Morgan fingerprint density at radius 3 is 1.90 bits per heavy atom. The Morgan fingerprint density at radius 2 is 1.40 bits per heavy atom. The molecule has 0 aliphatic heterocycles. The molecular formula is C22H26BrNO6. The van der Waals surface area contributed by atoms with Gasteiger partial charge in [-0.15, -0.1) is 0 Å². The van der Waals surface area contributed by atoms with Crippen LogP contribution in [-0.2, 0) is 11.3 Å². The van der Waals surface area contributed by atoms with Gasteiger partial charge in [0.1, 0.15) is 0 Å². The molecule has 0 unspecified atom stereocenters. The zero-order valence-corrected chi connectivity index (χ0v) is 19.5. The van der Waals surface area contributed by atoms with Gasteiger partial charge in [0.2, 0.25) is 11.7 Å². The van der Waals surface area contributed by atoms with Gasteiger partial charge in [0.15, 0.2) is 23.0 Å². The van der Waals surface area contributed by atoms with Crippen LogP contribution in [-0.4, -0.2) is 53.4 Å². The number of nitrogens with zero attached hydrogens (tertiary/aromatic N) is 1. The molecule has 7 nitrogen and oxygen atoms in total. The minimum absolute atomic E-state index is 0.158. The van der Waals surface area contributed by atoms with Crippen LogP contribution in [0.15, 0.2) is 34.8 Å². The summed E-state index contributed by atoms with van der Waals surface area (Å²) in [7, 11) is 9.52. The smallest absolute Gasteiger partial charge is 0.246 e. The summed E-state index contributed by atoms with van der Waals surface area (Å²) >= 11 is 3.45. The molecule has 0 radical (unpaired) electrons. The highest BCUT2D eigenvalue weighted by atomic mass is 79.9. The van der Waals surface area contributed by atoms with Crippen LogP contribution in [0.5, 0.6) is 28.7 Å². The summed E-state index contributed by atoms with van der Waals surface area (Å²) in [6.45, 7) is 0.371. The maximum absolute atomic E-state index is 12.6. The minimum Gasteiger partial charge on any atom is -0.493 e. The van der Waals surface area contributed by atoms with Crippen LogP contribution in [0, 0.1) is 0 Å². The van der Waals surface area contributed by atoms with Gasteiger partial charge in [-0.3, -0.25) is 4.79 Å². The number of carbonyl (C=O) groups excluding carboxylic acids is 1. The zero-order chi connectivity index (χ0) is 22.3. The Bertz CT molecular complexity index is 903. The third kappa shape index (κ3) is 5.38. The van der Waals surface area contributed by atoms with Gasteiger partial charge < -0.3 is 28.6 Å². The first-order valence-electron chi connectivity index (χ1n) is 9.02. The third-order valence-electron chi connectivity index (χ3n) is 4.39. The number of benzene rings is 2. The van der Waals surface area contributed by atoms with Crippen molar-refractivity contribution in [2.24, 2.45) is 0 Å². The Balaban J connectivity index is 2.18. The number of amides is 1. The molecule has 30 heavy (non-hydrogen) atoms. The Kier molecular flexibility index (Phi) is 8.41. The van der Waals surface area contributed by atoms with E-state index in [4.69, 9.17) is 23.7 Å². The largest absolute Gasteiger partial charge is 0.493 e. The van der Waals surface area contributed by atoms with Gasteiger partial charge >= 0.3 is 0 Å². The van der Waals surface area contributed by atoms with Gasteiger partial charge in [0.25, 0.3) is 0 Å². The molecule has 0 fully saturated rings. The summed E-state index contributed by atoms with van der Waals surface area (Å²) < 4.78 is 27.5. The number of likely N-dealkylation sites (N-methyl/N-ethyl adjacent to an activating group) is 1. The van der Waals surface area contributed by atoms with Crippen molar-refractivity contribution in [2.75, 3.05) is 42.6 Å². The van der Waals surface area contributed by atoms with E-state index in [0.29, 0.717) is 35.3 Å². The van der Waals surface area contributed by atoms with Crippen molar-refractivity contribution in [3.05, 3.63) is 45.9 Å². The fourth-order valence-electron chi connectivity index (χ4n) is 2.91. The van der Waals surface area contributed by atoms with E-state index in [1.807, 2.05) is 18.2 Å². The molecule has 8 heteroatoms. The predicted octanol–water partition coefficient (Wildman–Crippen LogP) is 4.16. The van der Waals surface area contributed by atoms with Crippen LogP contribution in [0.1, 0.15) is 11.1 Å². The van der Waals surface area contributed by atoms with Gasteiger partial charge in [-0.1, -0.05) is 0 Å². The summed E-state index contributed by atoms with van der Waals surface area (Å²) in [6, 6.07) is 7.29. The number of rotatable bonds is 9. The summed E-state index contributed by atoms with van der Waals surface area (Å²) in [5.74, 6) is 2.60. The number of methoxy groups -OCH3 is 5. The monoisotopic (exact) mass is 479 g/mol. The van der Waals surface area contributed by atoms with E-state index in [9.17, 15) is 4.79 Å². The molecule has 0 spiro atoms. The lowest BCUT2D eigenvalue weighted by Gasteiger charge is -2.18. The van der Waals surface area contributed by atoms with Gasteiger partial charge in [-0.25, -0.2) is 0 Å². The fourth-order valence-corrected chi connectivity index (χ4v) is 3.53. The Morgan fingerprint density at radius 1 is 0.867 bits per heavy atom. The fraction of sp³-hybridized carbons (Fsp3) is 0.318. The highest BCUT2D eigenvalue weighted by Gasteiger charge is 2.15. The van der Waals surface area contributed by atoms with Crippen molar-refractivity contribution in [3.63, 3.8) is 0 Å². The molecule has 0 N–H and O–H groups in total. The second-order valence-electron chi connectivity index (χ2n) is 6.30. The van der Waals surface area contributed by atoms with Crippen molar-refractivity contribution in [1.29, 1.82) is 0 Å². The van der Waals surface area contributed by atoms with Crippen LogP contribution < -0.4 is 23.7 Å². The number of ether oxygens (including phenoxy) is 5. The van der Waals surface area contributed by atoms with Crippen LogP contribution in [0.2, 0.25) is 0 Å². The van der Waals surface area contributed by atoms with Gasteiger partial charge in [-0.2, -0.15) is 0 Å². The average Bonchev–Trinajstić information content (AvgIpc) is 2.75. The maximum Gasteiger partial charge on any atom is 0.246 e. The van der Waals surface area contributed by atoms with E-state index in [-0.39, 0.29) is 5.91 Å². The number of hydrogen-bond donors (Lipinski definition) is 0. The van der Waals surface area contributed by atoms with Crippen LogP contribution >= 0.6 is 15.9 Å². The number of hydrogen-bond acceptors (Lipinski definition) is 6. The highest BCUT2D eigenvalue weighted by molar-refractivity contribution is 9.10. The van der Waals surface area contributed by atoms with Gasteiger partial charge in [0, 0.05) is 19.7 Å². The van der Waals surface area contributed by atoms with E-state index in [0.717, 1.165) is 15.6 Å². The molecule has 162 valence electrons. The number of carbonyl (C=O) groups is 1. The lowest BCUT2D eigenvalue weighted by molar-refractivity contribution is -0.125. The summed E-state index contributed by atoms with van der Waals surface area (Å²) in [6.07, 6.45) is 3.23. The molecule has 0 atom stereocenters. The first-order valence-corrected chi connectivity index (χ1v) is 9.81. The lowest BCUT2D eigenvalue weighted by atomic mass is 10.1. The predicted molar refractivity (Wildman–Crippen MR) is 119 cm³/mol. The van der Waals surface area contributed by atoms with Crippen LogP contribution in [0.3, 0.4) is 0 Å². The molecule has 2 rings (SSSR count). The van der Waals surface area contributed by atoms with Crippen molar-refractivity contribution in [3.8, 4) is 28.7 Å². The molecule has 0 aliphatic carbocycles. The van der Waals surface area contributed by atoms with Gasteiger partial charge in [-0.05, 0) is 57.4 Å². The second-order valence-corrected chi connectivity index (χ2v) is 7.15. The third-order valence-corrected chi connectivity index (χ3v) is 4.98. The van der Waals surface area contributed by atoms with E-state index in [1.54, 1.807) is 59.6 Å². The lowest BCUT2D eigenvalue weighted by Crippen LogP contribution is -2.24. The van der Waals surface area contributed by atoms with Crippen molar-refractivity contribution >= 4 is 27.9 Å². The molecule has 0 saturated carbocycles. The van der Waals surface area contributed by atoms with Crippen molar-refractivity contribution in [1.82, 2.24) is 4.90 Å². The topological polar surface area (TPSA) is 66.5 Å². The Hall–Kier alpha value is -2.87. The molecule has 0 bridgehead atoms. The van der Waals surface area contributed by atoms with Crippen molar-refractivity contribution < 1.29 is 28.5 Å². The van der Waals surface area contributed by atoms with Crippen LogP contribution in [0.4, 0.5) is 0 Å². The normalized spacial score (nSPS) is 10.6. The first-order chi connectivity index (χ1) is 14.4. The minimum atomic E-state index is -0.158. The molecular weight excluding hydrogens is 454 g/mol. The quantitative estimate of drug-likeness (QED) is 0.503. The maximum atomic E-state index is 12.6. The molecule has 0 heterocycles. The summed E-state index contributed by atoms with van der Waals surface area (Å²) in [5.41, 5.74) is 1.65. The first kappa shape index (κ1) is 23.4. The summed E-state index contributed by atoms with van der Waals surface area (Å²) in [4.78, 5) is 14.2. The molecule has 0 saturated heterocycles. The zero-order valence-electron chi connectivity index (χ0n) is 17.9. The van der Waals surface area contributed by atoms with E-state index in [1.165, 1.54) is 6.08 Å². The van der Waals surface area contributed by atoms with Crippen LogP contribution in [0.25, 0.3) is 6.08 Å². The second kappa shape index (κ2) is 10.8. The molecule has 0 aliphatic rings. The standard InChI is InChI=1S/C22H26BrNO6/c1-24(13-15-11-18(27-3)22(30-6)19(12-15)28-4)20(25)8-7-14-9-16(23)21(29-5)17(10-14)26-2/h7-12H,13H2,1-6H3/b8-7+. The molecule has 2 aromatic rings. The van der Waals surface area contributed by atoms with E-state index < -0.39 is 0 Å². The molecule has 0 aromatic heterocycles. The van der Waals surface area contributed by atoms with E-state index in [2.05, 4.69) is 15.9 Å². The molecule has 1 amide bonds. The van der Waals surface area contributed by atoms with Gasteiger partial charge in [0.05, 0.1) is 40.0 Å².